The lowest BCUT2D eigenvalue weighted by Crippen LogP contribution is -2.12. The Hall–Kier alpha value is -0.600. The second-order valence-electron chi connectivity index (χ2n) is 2.06. The van der Waals surface area contributed by atoms with E-state index in [4.69, 9.17) is 0 Å². The normalized spacial score (nSPS) is 12.9. The Morgan fingerprint density at radius 1 is 1.80 bits per heavy atom. The van der Waals surface area contributed by atoms with Crippen molar-refractivity contribution in [1.29, 1.82) is 0 Å². The van der Waals surface area contributed by atoms with E-state index in [-0.39, 0.29) is 0 Å². The van der Waals surface area contributed by atoms with Crippen molar-refractivity contribution in [1.82, 2.24) is 5.32 Å². The maximum absolute atomic E-state index is 3.73. The molecule has 0 aliphatic rings. The van der Waals surface area contributed by atoms with Crippen LogP contribution in [0.3, 0.4) is 0 Å². The van der Waals surface area contributed by atoms with Gasteiger partial charge in [0.25, 0.3) is 0 Å². The first-order valence-corrected chi connectivity index (χ1v) is 4.14. The van der Waals surface area contributed by atoms with Crippen LogP contribution < -0.4 is 5.32 Å². The Bertz CT molecular complexity index is 191. The van der Waals surface area contributed by atoms with Crippen LogP contribution in [0.25, 0.3) is 0 Å². The van der Waals surface area contributed by atoms with Gasteiger partial charge in [0, 0.05) is 0 Å². The lowest BCUT2D eigenvalue weighted by Gasteiger charge is -2.07. The smallest absolute Gasteiger partial charge is 0.0509 e. The molecule has 0 fully saturated rings. The lowest BCUT2D eigenvalue weighted by atomic mass is 10.1. The van der Waals surface area contributed by atoms with Crippen molar-refractivity contribution in [2.45, 2.75) is 6.04 Å². The fourth-order valence-corrected chi connectivity index (χ4v) is 1.57. The van der Waals surface area contributed by atoms with Crippen molar-refractivity contribution in [2.24, 2.45) is 0 Å². The van der Waals surface area contributed by atoms with Crippen LogP contribution in [0, 0.1) is 0 Å². The van der Waals surface area contributed by atoms with E-state index < -0.39 is 0 Å². The van der Waals surface area contributed by atoms with Crippen LogP contribution in [0.5, 0.6) is 0 Å². The quantitative estimate of drug-likeness (QED) is 0.656. The maximum atomic E-state index is 3.73. The van der Waals surface area contributed by atoms with Gasteiger partial charge < -0.3 is 5.32 Å². The molecule has 10 heavy (non-hydrogen) atoms. The first kappa shape index (κ1) is 7.51. The van der Waals surface area contributed by atoms with E-state index in [1.54, 1.807) is 11.3 Å². The van der Waals surface area contributed by atoms with E-state index in [1.807, 2.05) is 13.1 Å². The summed E-state index contributed by atoms with van der Waals surface area (Å²) in [6.07, 6.45) is 1.90. The average Bonchev–Trinajstić information content (AvgIpc) is 2.43. The van der Waals surface area contributed by atoms with Crippen molar-refractivity contribution in [2.75, 3.05) is 7.05 Å². The summed E-state index contributed by atoms with van der Waals surface area (Å²) >= 11 is 1.71. The van der Waals surface area contributed by atoms with Gasteiger partial charge in [-0.15, -0.1) is 6.58 Å². The Morgan fingerprint density at radius 2 is 2.60 bits per heavy atom. The minimum absolute atomic E-state index is 0.311. The summed E-state index contributed by atoms with van der Waals surface area (Å²) in [5.41, 5.74) is 1.29. The van der Waals surface area contributed by atoms with Crippen LogP contribution in [0.2, 0.25) is 0 Å². The number of likely N-dealkylation sites (N-methyl/N-ethyl adjacent to an activating group) is 1. The van der Waals surface area contributed by atoms with Gasteiger partial charge in [-0.1, -0.05) is 6.08 Å². The van der Waals surface area contributed by atoms with Crippen molar-refractivity contribution < 1.29 is 0 Å². The zero-order valence-electron chi connectivity index (χ0n) is 6.00. The molecule has 0 aliphatic carbocycles. The molecular weight excluding hydrogens is 142 g/mol. The molecule has 1 atom stereocenters. The standard InChI is InChI=1S/C8H11NS/c1-3-8(9-2)7-4-5-10-6-7/h3-6,8-9H,1H2,2H3. The second-order valence-corrected chi connectivity index (χ2v) is 2.84. The summed E-state index contributed by atoms with van der Waals surface area (Å²) in [5.74, 6) is 0. The van der Waals surface area contributed by atoms with E-state index in [2.05, 4.69) is 28.7 Å². The largest absolute Gasteiger partial charge is 0.310 e. The summed E-state index contributed by atoms with van der Waals surface area (Å²) in [4.78, 5) is 0. The molecule has 0 saturated carbocycles. The van der Waals surface area contributed by atoms with Crippen LogP contribution >= 0.6 is 11.3 Å². The van der Waals surface area contributed by atoms with Gasteiger partial charge in [-0.05, 0) is 29.4 Å². The van der Waals surface area contributed by atoms with Crippen molar-refractivity contribution in [3.05, 3.63) is 35.0 Å². The van der Waals surface area contributed by atoms with Gasteiger partial charge in [-0.2, -0.15) is 11.3 Å². The van der Waals surface area contributed by atoms with Crippen LogP contribution in [-0.4, -0.2) is 7.05 Å². The molecule has 0 amide bonds. The molecule has 1 aromatic heterocycles. The highest BCUT2D eigenvalue weighted by atomic mass is 32.1. The summed E-state index contributed by atoms with van der Waals surface area (Å²) in [5, 5.41) is 7.34. The highest BCUT2D eigenvalue weighted by molar-refractivity contribution is 7.07. The third-order valence-electron chi connectivity index (χ3n) is 1.45. The molecule has 2 heteroatoms. The third kappa shape index (κ3) is 1.46. The van der Waals surface area contributed by atoms with Gasteiger partial charge in [0.1, 0.15) is 0 Å². The topological polar surface area (TPSA) is 12.0 Å². The Morgan fingerprint density at radius 3 is 3.00 bits per heavy atom. The highest BCUT2D eigenvalue weighted by Crippen LogP contribution is 2.15. The van der Waals surface area contributed by atoms with E-state index in [1.165, 1.54) is 5.56 Å². The van der Waals surface area contributed by atoms with Crippen LogP contribution in [-0.2, 0) is 0 Å². The summed E-state index contributed by atoms with van der Waals surface area (Å²) in [7, 11) is 1.93. The fourth-order valence-electron chi connectivity index (χ4n) is 0.873. The molecule has 0 radical (unpaired) electrons. The second kappa shape index (κ2) is 3.54. The molecule has 1 unspecified atom stereocenters. The predicted molar refractivity (Wildman–Crippen MR) is 46.3 cm³/mol. The minimum atomic E-state index is 0.311. The number of hydrogen-bond donors (Lipinski definition) is 1. The van der Waals surface area contributed by atoms with Gasteiger partial charge in [0.05, 0.1) is 6.04 Å². The van der Waals surface area contributed by atoms with Crippen molar-refractivity contribution >= 4 is 11.3 Å². The van der Waals surface area contributed by atoms with Crippen molar-refractivity contribution in [3.8, 4) is 0 Å². The molecule has 0 saturated heterocycles. The SMILES string of the molecule is C=CC(NC)c1ccsc1. The zero-order chi connectivity index (χ0) is 7.40. The molecule has 0 aromatic carbocycles. The molecule has 0 aliphatic heterocycles. The zero-order valence-corrected chi connectivity index (χ0v) is 6.82. The Kier molecular flexibility index (Phi) is 2.66. The molecule has 1 heterocycles. The summed E-state index contributed by atoms with van der Waals surface area (Å²) in [6.45, 7) is 3.73. The molecule has 0 spiro atoms. The predicted octanol–water partition coefficient (Wildman–Crippen LogP) is 2.19. The Balaban J connectivity index is 2.73. The molecular formula is C8H11NS. The molecule has 54 valence electrons. The van der Waals surface area contributed by atoms with Crippen molar-refractivity contribution in [3.63, 3.8) is 0 Å². The molecule has 1 nitrogen and oxygen atoms in total. The van der Waals surface area contributed by atoms with Crippen LogP contribution in [0.15, 0.2) is 29.5 Å². The first-order valence-electron chi connectivity index (χ1n) is 3.20. The van der Waals surface area contributed by atoms with E-state index in [0.717, 1.165) is 0 Å². The molecule has 1 N–H and O–H groups in total. The van der Waals surface area contributed by atoms with E-state index in [0.29, 0.717) is 6.04 Å². The number of hydrogen-bond acceptors (Lipinski definition) is 2. The Labute approximate surface area is 65.4 Å². The highest BCUT2D eigenvalue weighted by Gasteiger charge is 2.02. The van der Waals surface area contributed by atoms with Crippen LogP contribution in [0.4, 0.5) is 0 Å². The van der Waals surface area contributed by atoms with Gasteiger partial charge >= 0.3 is 0 Å². The van der Waals surface area contributed by atoms with Gasteiger partial charge in [-0.25, -0.2) is 0 Å². The number of rotatable bonds is 3. The average molecular weight is 153 g/mol. The summed E-state index contributed by atoms with van der Waals surface area (Å²) in [6, 6.07) is 2.42. The maximum Gasteiger partial charge on any atom is 0.0509 e. The minimum Gasteiger partial charge on any atom is -0.310 e. The monoisotopic (exact) mass is 153 g/mol. The molecule has 1 aromatic rings. The fraction of sp³-hybridized carbons (Fsp3) is 0.250. The van der Waals surface area contributed by atoms with Gasteiger partial charge in [-0.3, -0.25) is 0 Å². The number of thiophene rings is 1. The third-order valence-corrected chi connectivity index (χ3v) is 2.15. The van der Waals surface area contributed by atoms with Gasteiger partial charge in [0.2, 0.25) is 0 Å². The lowest BCUT2D eigenvalue weighted by molar-refractivity contribution is 0.719. The number of nitrogens with one attached hydrogen (secondary N) is 1. The molecule has 0 bridgehead atoms. The van der Waals surface area contributed by atoms with E-state index >= 15 is 0 Å². The van der Waals surface area contributed by atoms with E-state index in [9.17, 15) is 0 Å². The molecule has 1 rings (SSSR count). The van der Waals surface area contributed by atoms with Crippen LogP contribution in [0.1, 0.15) is 11.6 Å². The first-order chi connectivity index (χ1) is 4.88. The summed E-state index contributed by atoms with van der Waals surface area (Å²) < 4.78 is 0. The van der Waals surface area contributed by atoms with Gasteiger partial charge in [0.15, 0.2) is 0 Å².